The Balaban J connectivity index is 2.23. The highest BCUT2D eigenvalue weighted by Gasteiger charge is 2.29. The van der Waals surface area contributed by atoms with Gasteiger partial charge in [0.05, 0.1) is 11.5 Å². The Morgan fingerprint density at radius 3 is 2.70 bits per heavy atom. The van der Waals surface area contributed by atoms with Gasteiger partial charge in [0.25, 0.3) is 11.5 Å². The first-order valence-corrected chi connectivity index (χ1v) is 11.7. The van der Waals surface area contributed by atoms with Crippen LogP contribution in [0.1, 0.15) is 48.8 Å². The molecule has 0 unspecified atom stereocenters. The molecule has 3 N–H and O–H groups in total. The second-order valence-electron chi connectivity index (χ2n) is 8.26. The van der Waals surface area contributed by atoms with Crippen LogP contribution in [0, 0.1) is 11.7 Å². The van der Waals surface area contributed by atoms with Gasteiger partial charge in [-0.1, -0.05) is 33.3 Å². The summed E-state index contributed by atoms with van der Waals surface area (Å²) in [5.41, 5.74) is 5.28. The molecule has 3 aromatic rings. The lowest BCUT2D eigenvalue weighted by Crippen LogP contribution is -2.42. The fourth-order valence-electron chi connectivity index (χ4n) is 3.76. The number of halogens is 1. The molecule has 0 aliphatic rings. The maximum atomic E-state index is 14.6. The third kappa shape index (κ3) is 4.86. The molecular weight excluding hydrogens is 447 g/mol. The topological polar surface area (TPSA) is 110 Å². The largest absolute Gasteiger partial charge is 0.383 e. The van der Waals surface area contributed by atoms with Crippen molar-refractivity contribution in [2.45, 2.75) is 46.8 Å². The zero-order chi connectivity index (χ0) is 24.3. The van der Waals surface area contributed by atoms with Gasteiger partial charge in [0.1, 0.15) is 11.6 Å². The predicted molar refractivity (Wildman–Crippen MR) is 130 cm³/mol. The molecule has 0 aliphatic heterocycles. The summed E-state index contributed by atoms with van der Waals surface area (Å²) in [6.07, 6.45) is 1.37. The number of unbranched alkanes of at least 4 members (excludes halogenated alkanes) is 1. The van der Waals surface area contributed by atoms with Crippen LogP contribution in [0.3, 0.4) is 0 Å². The smallest absolute Gasteiger partial charge is 0.330 e. The number of thiophene rings is 1. The predicted octanol–water partition coefficient (Wildman–Crippen LogP) is 3.72. The Morgan fingerprint density at radius 1 is 1.33 bits per heavy atom. The summed E-state index contributed by atoms with van der Waals surface area (Å²) in [5, 5.41) is 0.329. The van der Waals surface area contributed by atoms with Gasteiger partial charge in [0.15, 0.2) is 5.69 Å². The molecule has 0 fully saturated rings. The quantitative estimate of drug-likeness (QED) is 0.489. The lowest BCUT2D eigenvalue weighted by molar-refractivity contribution is 0.0986. The average Bonchev–Trinajstić information content (AvgIpc) is 3.12. The number of nitrogen functional groups attached to an aromatic ring is 1. The summed E-state index contributed by atoms with van der Waals surface area (Å²) >= 11 is 1.14. The number of carbonyl (C=O) groups is 1. The highest BCUT2D eigenvalue weighted by molar-refractivity contribution is 7.21. The maximum absolute atomic E-state index is 14.6. The number of methoxy groups -OCH3 is 1. The van der Waals surface area contributed by atoms with Crippen molar-refractivity contribution in [3.05, 3.63) is 55.3 Å². The SMILES string of the molecule is CCCCN(C(=O)c1sc2cccc(F)c2c1COC)c1c(N)n(CC(C)C)c(=O)[nH]c1=O. The van der Waals surface area contributed by atoms with Crippen molar-refractivity contribution in [2.24, 2.45) is 5.92 Å². The van der Waals surface area contributed by atoms with Crippen molar-refractivity contribution >= 4 is 38.8 Å². The third-order valence-electron chi connectivity index (χ3n) is 5.26. The number of hydrogen-bond donors (Lipinski definition) is 2. The van der Waals surface area contributed by atoms with Crippen molar-refractivity contribution < 1.29 is 13.9 Å². The van der Waals surface area contributed by atoms with Gasteiger partial charge in [0, 0.05) is 35.8 Å². The van der Waals surface area contributed by atoms with E-state index in [0.717, 1.165) is 17.8 Å². The van der Waals surface area contributed by atoms with E-state index >= 15 is 0 Å². The Labute approximate surface area is 194 Å². The van der Waals surface area contributed by atoms with Crippen molar-refractivity contribution in [3.63, 3.8) is 0 Å². The van der Waals surface area contributed by atoms with Crippen LogP contribution in [-0.4, -0.2) is 29.1 Å². The third-order valence-corrected chi connectivity index (χ3v) is 6.44. The lowest BCUT2D eigenvalue weighted by atomic mass is 10.1. The minimum atomic E-state index is -0.734. The minimum absolute atomic E-state index is 0.0301. The van der Waals surface area contributed by atoms with E-state index in [0.29, 0.717) is 22.1 Å². The number of hydrogen-bond acceptors (Lipinski definition) is 6. The molecule has 0 bridgehead atoms. The van der Waals surface area contributed by atoms with E-state index in [1.54, 1.807) is 12.1 Å². The van der Waals surface area contributed by atoms with Crippen LogP contribution in [0.4, 0.5) is 15.9 Å². The van der Waals surface area contributed by atoms with Gasteiger partial charge < -0.3 is 10.5 Å². The number of aromatic nitrogens is 2. The van der Waals surface area contributed by atoms with Crippen LogP contribution < -0.4 is 21.9 Å². The zero-order valence-corrected chi connectivity index (χ0v) is 20.1. The van der Waals surface area contributed by atoms with Crippen molar-refractivity contribution in [1.82, 2.24) is 9.55 Å². The number of nitrogens with zero attached hydrogens (tertiary/aromatic N) is 2. The van der Waals surface area contributed by atoms with Gasteiger partial charge >= 0.3 is 5.69 Å². The van der Waals surface area contributed by atoms with Crippen LogP contribution in [0.15, 0.2) is 27.8 Å². The Bertz CT molecular complexity index is 1280. The first kappa shape index (κ1) is 24.7. The van der Waals surface area contributed by atoms with Crippen LogP contribution in [0.5, 0.6) is 0 Å². The number of benzene rings is 1. The summed E-state index contributed by atoms with van der Waals surface area (Å²) in [4.78, 5) is 42.9. The molecule has 0 saturated carbocycles. The number of anilines is 2. The molecule has 2 aromatic heterocycles. The van der Waals surface area contributed by atoms with Crippen LogP contribution >= 0.6 is 11.3 Å². The zero-order valence-electron chi connectivity index (χ0n) is 19.2. The molecule has 33 heavy (non-hydrogen) atoms. The normalized spacial score (nSPS) is 11.5. The van der Waals surface area contributed by atoms with Gasteiger partial charge in [-0.2, -0.15) is 0 Å². The standard InChI is InChI=1S/C23H29FN4O4S/c1-5-6-10-27(18-20(25)28(11-13(2)3)23(31)26-21(18)29)22(30)19-14(12-32-4)17-15(24)8-7-9-16(17)33-19/h7-9,13H,5-6,10-12,25H2,1-4H3,(H,26,29,31). The Hall–Kier alpha value is -2.98. The fourth-order valence-corrected chi connectivity index (χ4v) is 4.93. The highest BCUT2D eigenvalue weighted by Crippen LogP contribution is 2.35. The molecule has 0 spiro atoms. The van der Waals surface area contributed by atoms with Gasteiger partial charge in [0.2, 0.25) is 0 Å². The lowest BCUT2D eigenvalue weighted by Gasteiger charge is -2.25. The Kier molecular flexibility index (Phi) is 7.70. The monoisotopic (exact) mass is 476 g/mol. The number of carbonyl (C=O) groups excluding carboxylic acids is 1. The first-order chi connectivity index (χ1) is 15.7. The molecular formula is C23H29FN4O4S. The first-order valence-electron chi connectivity index (χ1n) is 10.8. The number of amides is 1. The summed E-state index contributed by atoms with van der Waals surface area (Å²) < 4.78 is 21.8. The summed E-state index contributed by atoms with van der Waals surface area (Å²) in [5.74, 6) is -0.911. The average molecular weight is 477 g/mol. The second kappa shape index (κ2) is 10.3. The molecule has 0 radical (unpaired) electrons. The van der Waals surface area contributed by atoms with E-state index in [2.05, 4.69) is 4.98 Å². The van der Waals surface area contributed by atoms with E-state index in [4.69, 9.17) is 10.5 Å². The minimum Gasteiger partial charge on any atom is -0.383 e. The number of fused-ring (bicyclic) bond motifs is 1. The molecule has 0 atom stereocenters. The highest BCUT2D eigenvalue weighted by atomic mass is 32.1. The number of ether oxygens (including phenoxy) is 1. The Morgan fingerprint density at radius 2 is 2.06 bits per heavy atom. The molecule has 2 heterocycles. The van der Waals surface area contributed by atoms with E-state index in [-0.39, 0.29) is 42.0 Å². The van der Waals surface area contributed by atoms with Crippen molar-refractivity contribution in [2.75, 3.05) is 24.3 Å². The number of nitrogens with two attached hydrogens (primary N) is 1. The van der Waals surface area contributed by atoms with E-state index < -0.39 is 23.0 Å². The summed E-state index contributed by atoms with van der Waals surface area (Å²) in [6, 6.07) is 4.65. The van der Waals surface area contributed by atoms with Crippen molar-refractivity contribution in [3.8, 4) is 0 Å². The van der Waals surface area contributed by atoms with Crippen molar-refractivity contribution in [1.29, 1.82) is 0 Å². The molecule has 0 aliphatic carbocycles. The number of aromatic amines is 1. The van der Waals surface area contributed by atoms with Crippen LogP contribution in [0.2, 0.25) is 0 Å². The fraction of sp³-hybridized carbons (Fsp3) is 0.435. The van der Waals surface area contributed by atoms with Gasteiger partial charge in [-0.25, -0.2) is 9.18 Å². The van der Waals surface area contributed by atoms with Crippen LogP contribution in [0.25, 0.3) is 10.1 Å². The number of H-pyrrole nitrogens is 1. The molecule has 3 rings (SSSR count). The number of rotatable bonds is 9. The molecule has 0 saturated heterocycles. The van der Waals surface area contributed by atoms with E-state index in [1.165, 1.54) is 22.6 Å². The van der Waals surface area contributed by atoms with Gasteiger partial charge in [-0.05, 0) is 24.5 Å². The summed E-state index contributed by atoms with van der Waals surface area (Å²) in [6.45, 7) is 6.32. The van der Waals surface area contributed by atoms with E-state index in [1.807, 2.05) is 20.8 Å². The second-order valence-corrected chi connectivity index (χ2v) is 9.32. The molecule has 1 aromatic carbocycles. The van der Waals surface area contributed by atoms with Gasteiger partial charge in [-0.15, -0.1) is 11.3 Å². The van der Waals surface area contributed by atoms with E-state index in [9.17, 15) is 18.8 Å². The van der Waals surface area contributed by atoms with Gasteiger partial charge in [-0.3, -0.25) is 24.0 Å². The maximum Gasteiger partial charge on any atom is 0.330 e. The van der Waals surface area contributed by atoms with Crippen LogP contribution in [-0.2, 0) is 17.9 Å². The molecule has 8 nitrogen and oxygen atoms in total. The molecule has 178 valence electrons. The molecule has 10 heteroatoms. The number of nitrogens with one attached hydrogen (secondary N) is 1. The summed E-state index contributed by atoms with van der Waals surface area (Å²) in [7, 11) is 1.47. The molecule has 1 amide bonds.